The van der Waals surface area contributed by atoms with E-state index >= 15 is 0 Å². The molecular weight excluding hydrogens is 432 g/mol. The van der Waals surface area contributed by atoms with E-state index in [1.807, 2.05) is 20.8 Å². The summed E-state index contributed by atoms with van der Waals surface area (Å²) in [6.07, 6.45) is 3.87. The van der Waals surface area contributed by atoms with E-state index in [9.17, 15) is 24.3 Å². The topological polar surface area (TPSA) is 200 Å². The van der Waals surface area contributed by atoms with Gasteiger partial charge in [0.25, 0.3) is 0 Å². The number of aliphatic carboxylic acids is 1. The third-order valence-electron chi connectivity index (χ3n) is 5.26. The van der Waals surface area contributed by atoms with Gasteiger partial charge in [0, 0.05) is 18.3 Å². The van der Waals surface area contributed by atoms with Gasteiger partial charge in [0.05, 0.1) is 19.0 Å². The number of aromatic amines is 1. The van der Waals surface area contributed by atoms with Crippen molar-refractivity contribution in [3.63, 3.8) is 0 Å². The number of nitrogens with one attached hydrogen (secondary N) is 4. The molecule has 8 N–H and O–H groups in total. The number of rotatable bonds is 14. The number of nitrogens with zero attached hydrogens (tertiary/aromatic N) is 1. The van der Waals surface area contributed by atoms with E-state index in [4.69, 9.17) is 10.8 Å². The van der Waals surface area contributed by atoms with Crippen molar-refractivity contribution < 1.29 is 29.4 Å². The third-order valence-corrected chi connectivity index (χ3v) is 5.26. The third kappa shape index (κ3) is 9.18. The lowest BCUT2D eigenvalue weighted by atomic mass is 9.96. The molecule has 0 saturated heterocycles. The molecule has 0 radical (unpaired) electrons. The average Bonchev–Trinajstić information content (AvgIpc) is 3.26. The van der Waals surface area contributed by atoms with E-state index in [0.29, 0.717) is 18.5 Å². The van der Waals surface area contributed by atoms with Gasteiger partial charge in [0.1, 0.15) is 18.1 Å². The smallest absolute Gasteiger partial charge is 0.328 e. The summed E-state index contributed by atoms with van der Waals surface area (Å²) in [5, 5.41) is 25.8. The van der Waals surface area contributed by atoms with Crippen LogP contribution in [-0.4, -0.2) is 74.6 Å². The zero-order valence-electron chi connectivity index (χ0n) is 19.5. The van der Waals surface area contributed by atoms with Crippen LogP contribution in [0.3, 0.4) is 0 Å². The Morgan fingerprint density at radius 2 is 1.70 bits per heavy atom. The van der Waals surface area contributed by atoms with Crippen LogP contribution < -0.4 is 21.7 Å². The van der Waals surface area contributed by atoms with Gasteiger partial charge in [0.2, 0.25) is 17.7 Å². The molecule has 0 aliphatic heterocycles. The van der Waals surface area contributed by atoms with Crippen molar-refractivity contribution in [1.29, 1.82) is 0 Å². The molecule has 12 heteroatoms. The minimum absolute atomic E-state index is 0.0105. The molecule has 12 nitrogen and oxygen atoms in total. The van der Waals surface area contributed by atoms with E-state index in [-0.39, 0.29) is 18.3 Å². The predicted molar refractivity (Wildman–Crippen MR) is 120 cm³/mol. The molecule has 5 unspecified atom stereocenters. The van der Waals surface area contributed by atoms with E-state index in [0.717, 1.165) is 0 Å². The van der Waals surface area contributed by atoms with Crippen LogP contribution in [-0.2, 0) is 25.6 Å². The second-order valence-electron chi connectivity index (χ2n) is 8.53. The fourth-order valence-corrected chi connectivity index (χ4v) is 3.12. The summed E-state index contributed by atoms with van der Waals surface area (Å²) in [7, 11) is 0. The summed E-state index contributed by atoms with van der Waals surface area (Å²) in [5.74, 6) is -3.36. The van der Waals surface area contributed by atoms with Crippen LogP contribution >= 0.6 is 0 Å². The van der Waals surface area contributed by atoms with Gasteiger partial charge >= 0.3 is 5.97 Å². The van der Waals surface area contributed by atoms with E-state index in [2.05, 4.69) is 25.9 Å². The lowest BCUT2D eigenvalue weighted by Crippen LogP contribution is -2.59. The molecule has 1 heterocycles. The Hall–Kier alpha value is -2.99. The number of aliphatic hydroxyl groups is 1. The minimum atomic E-state index is -1.53. The number of carbonyl (C=O) groups is 4. The maximum Gasteiger partial charge on any atom is 0.328 e. The number of hydrogen-bond donors (Lipinski definition) is 7. The Morgan fingerprint density at radius 1 is 1.06 bits per heavy atom. The monoisotopic (exact) mass is 468 g/mol. The van der Waals surface area contributed by atoms with Crippen molar-refractivity contribution in [2.75, 3.05) is 6.61 Å². The fourth-order valence-electron chi connectivity index (χ4n) is 3.12. The van der Waals surface area contributed by atoms with Crippen molar-refractivity contribution in [1.82, 2.24) is 25.9 Å². The van der Waals surface area contributed by atoms with Crippen molar-refractivity contribution in [2.24, 2.45) is 17.6 Å². The Kier molecular flexibility index (Phi) is 11.5. The van der Waals surface area contributed by atoms with Crippen molar-refractivity contribution >= 4 is 23.7 Å². The second kappa shape index (κ2) is 13.5. The van der Waals surface area contributed by atoms with Crippen LogP contribution in [0.1, 0.15) is 46.2 Å². The molecule has 0 saturated carbocycles. The summed E-state index contributed by atoms with van der Waals surface area (Å²) in [4.78, 5) is 56.3. The van der Waals surface area contributed by atoms with Gasteiger partial charge in [-0.3, -0.25) is 14.4 Å². The zero-order chi connectivity index (χ0) is 25.1. The largest absolute Gasteiger partial charge is 0.480 e. The predicted octanol–water partition coefficient (Wildman–Crippen LogP) is -1.10. The first-order valence-corrected chi connectivity index (χ1v) is 11.0. The molecule has 0 aliphatic carbocycles. The van der Waals surface area contributed by atoms with Crippen LogP contribution in [0.4, 0.5) is 0 Å². The Labute approximate surface area is 193 Å². The number of H-pyrrole nitrogens is 1. The van der Waals surface area contributed by atoms with Crippen molar-refractivity contribution in [3.05, 3.63) is 18.2 Å². The Morgan fingerprint density at radius 3 is 2.18 bits per heavy atom. The average molecular weight is 469 g/mol. The van der Waals surface area contributed by atoms with Gasteiger partial charge in [-0.1, -0.05) is 34.1 Å². The Bertz CT molecular complexity index is 784. The lowest BCUT2D eigenvalue weighted by Gasteiger charge is -2.28. The van der Waals surface area contributed by atoms with Gasteiger partial charge in [-0.25, -0.2) is 9.78 Å². The van der Waals surface area contributed by atoms with Crippen LogP contribution in [0, 0.1) is 11.8 Å². The molecule has 1 aromatic heterocycles. The van der Waals surface area contributed by atoms with Gasteiger partial charge < -0.3 is 36.9 Å². The molecule has 3 amide bonds. The number of hydrogen-bond acceptors (Lipinski definition) is 7. The van der Waals surface area contributed by atoms with Crippen LogP contribution in [0.25, 0.3) is 0 Å². The number of carbonyl (C=O) groups excluding carboxylic acids is 3. The number of aromatic nitrogens is 2. The first kappa shape index (κ1) is 28.0. The SMILES string of the molecule is CCC(C)C(NC(=O)C(N)CC(C)C)C(=O)NC(Cc1cnc[nH]1)C(=O)NC(CO)C(=O)O. The molecule has 0 spiro atoms. The van der Waals surface area contributed by atoms with Crippen LogP contribution in [0.15, 0.2) is 12.5 Å². The van der Waals surface area contributed by atoms with Crippen LogP contribution in [0.2, 0.25) is 0 Å². The van der Waals surface area contributed by atoms with Gasteiger partial charge in [-0.05, 0) is 18.3 Å². The van der Waals surface area contributed by atoms with Crippen molar-refractivity contribution in [3.8, 4) is 0 Å². The molecule has 0 aliphatic rings. The molecule has 1 rings (SSSR count). The molecule has 33 heavy (non-hydrogen) atoms. The summed E-state index contributed by atoms with van der Waals surface area (Å²) >= 11 is 0. The van der Waals surface area contributed by atoms with Gasteiger partial charge in [-0.15, -0.1) is 0 Å². The van der Waals surface area contributed by atoms with Gasteiger partial charge in [-0.2, -0.15) is 0 Å². The summed E-state index contributed by atoms with van der Waals surface area (Å²) in [6.45, 7) is 6.70. The number of nitrogens with two attached hydrogens (primary N) is 1. The highest BCUT2D eigenvalue weighted by Gasteiger charge is 2.32. The summed E-state index contributed by atoms with van der Waals surface area (Å²) < 4.78 is 0. The van der Waals surface area contributed by atoms with E-state index in [1.54, 1.807) is 6.92 Å². The highest BCUT2D eigenvalue weighted by molar-refractivity contribution is 5.94. The van der Waals surface area contributed by atoms with Crippen molar-refractivity contribution in [2.45, 2.75) is 71.1 Å². The number of carboxylic acid groups (broad SMARTS) is 1. The summed E-state index contributed by atoms with van der Waals surface area (Å²) in [6, 6.07) is -4.45. The normalized spacial score (nSPS) is 15.7. The highest BCUT2D eigenvalue weighted by Crippen LogP contribution is 2.11. The lowest BCUT2D eigenvalue weighted by molar-refractivity contribution is -0.143. The molecule has 1 aromatic rings. The van der Waals surface area contributed by atoms with E-state index in [1.165, 1.54) is 12.5 Å². The van der Waals surface area contributed by atoms with E-state index < -0.39 is 54.5 Å². The number of amides is 3. The quantitative estimate of drug-likeness (QED) is 0.178. The maximum absolute atomic E-state index is 13.1. The first-order valence-electron chi connectivity index (χ1n) is 11.0. The number of imidazole rings is 1. The molecule has 0 aromatic carbocycles. The van der Waals surface area contributed by atoms with Crippen LogP contribution in [0.5, 0.6) is 0 Å². The number of carboxylic acids is 1. The molecule has 186 valence electrons. The maximum atomic E-state index is 13.1. The Balaban J connectivity index is 3.04. The first-order chi connectivity index (χ1) is 15.5. The number of aliphatic hydroxyl groups excluding tert-OH is 1. The fraction of sp³-hybridized carbons (Fsp3) is 0.667. The molecule has 0 bridgehead atoms. The molecule has 0 fully saturated rings. The van der Waals surface area contributed by atoms with Gasteiger partial charge in [0.15, 0.2) is 0 Å². The molecular formula is C21H36N6O6. The highest BCUT2D eigenvalue weighted by atomic mass is 16.4. The zero-order valence-corrected chi connectivity index (χ0v) is 19.5. The standard InChI is InChI=1S/C21H36N6O6/c1-5-12(4)17(27-18(29)14(22)6-11(2)3)20(31)25-15(7-13-8-23-10-24-13)19(30)26-16(9-28)21(32)33/h8,10-12,14-17,28H,5-7,9,22H2,1-4H3,(H,23,24)(H,25,31)(H,26,30)(H,27,29)(H,32,33). The summed E-state index contributed by atoms with van der Waals surface area (Å²) in [5.41, 5.74) is 6.47. The molecule has 5 atom stereocenters. The minimum Gasteiger partial charge on any atom is -0.480 e. The second-order valence-corrected chi connectivity index (χ2v) is 8.53.